The number of hydrogen-bond acceptors (Lipinski definition) is 1. The lowest BCUT2D eigenvalue weighted by Crippen LogP contribution is -1.84. The molecule has 0 radical (unpaired) electrons. The highest BCUT2D eigenvalue weighted by Crippen LogP contribution is 2.16. The van der Waals surface area contributed by atoms with Crippen molar-refractivity contribution >= 4 is 23.6 Å². The maximum absolute atomic E-state index is 12.9. The Hall–Kier alpha value is -1.61. The molecule has 78 valence electrons. The van der Waals surface area contributed by atoms with Gasteiger partial charge in [0.1, 0.15) is 5.82 Å². The van der Waals surface area contributed by atoms with E-state index in [4.69, 9.17) is 16.7 Å². The quantitative estimate of drug-likeness (QED) is 0.635. The van der Waals surface area contributed by atoms with Crippen molar-refractivity contribution in [2.24, 2.45) is 0 Å². The van der Waals surface area contributed by atoms with E-state index in [9.17, 15) is 9.18 Å². The van der Waals surface area contributed by atoms with Crippen LogP contribution in [-0.2, 0) is 4.79 Å². The molecule has 1 aromatic carbocycles. The van der Waals surface area contributed by atoms with Crippen LogP contribution in [0.25, 0.3) is 6.08 Å². The minimum atomic E-state index is -1.03. The van der Waals surface area contributed by atoms with Crippen LogP contribution in [0.15, 0.2) is 36.4 Å². The largest absolute Gasteiger partial charge is 0.478 e. The highest BCUT2D eigenvalue weighted by molar-refractivity contribution is 6.30. The lowest BCUT2D eigenvalue weighted by Gasteiger charge is -1.95. The van der Waals surface area contributed by atoms with E-state index in [1.165, 1.54) is 24.3 Å². The maximum Gasteiger partial charge on any atom is 0.328 e. The van der Waals surface area contributed by atoms with Crippen LogP contribution in [0.2, 0.25) is 5.02 Å². The van der Waals surface area contributed by atoms with Crippen molar-refractivity contribution in [2.75, 3.05) is 0 Å². The van der Waals surface area contributed by atoms with E-state index in [-0.39, 0.29) is 5.02 Å². The number of carboxylic acids is 1. The first-order chi connectivity index (χ1) is 7.09. The molecule has 0 fully saturated rings. The highest BCUT2D eigenvalue weighted by Gasteiger charge is 1.97. The number of carboxylic acid groups (broad SMARTS) is 1. The minimum Gasteiger partial charge on any atom is -0.478 e. The molecule has 0 atom stereocenters. The average molecular weight is 227 g/mol. The van der Waals surface area contributed by atoms with Gasteiger partial charge in [0.2, 0.25) is 0 Å². The van der Waals surface area contributed by atoms with Gasteiger partial charge in [-0.2, -0.15) is 0 Å². The molecule has 1 N–H and O–H groups in total. The Morgan fingerprint density at radius 2 is 2.13 bits per heavy atom. The van der Waals surface area contributed by atoms with Crippen LogP contribution in [0.1, 0.15) is 5.56 Å². The van der Waals surface area contributed by atoms with Gasteiger partial charge in [0.15, 0.2) is 0 Å². The Labute approximate surface area is 91.3 Å². The molecule has 2 nitrogen and oxygen atoms in total. The molecule has 0 aliphatic rings. The molecule has 0 unspecified atom stereocenters. The molecule has 0 aliphatic heterocycles. The molecule has 0 aliphatic carbocycles. The van der Waals surface area contributed by atoms with Gasteiger partial charge >= 0.3 is 5.97 Å². The first-order valence-electron chi connectivity index (χ1n) is 4.12. The van der Waals surface area contributed by atoms with Crippen LogP contribution < -0.4 is 0 Å². The number of rotatable bonds is 3. The fourth-order valence-corrected chi connectivity index (χ4v) is 1.04. The molecule has 0 spiro atoms. The summed E-state index contributed by atoms with van der Waals surface area (Å²) in [6, 6.07) is 4.35. The van der Waals surface area contributed by atoms with E-state index in [2.05, 4.69) is 0 Å². The van der Waals surface area contributed by atoms with E-state index >= 15 is 0 Å². The second-order valence-corrected chi connectivity index (χ2v) is 3.14. The number of aliphatic carboxylic acids is 1. The van der Waals surface area contributed by atoms with Gasteiger partial charge in [-0.1, -0.05) is 35.9 Å². The van der Waals surface area contributed by atoms with Gasteiger partial charge in [-0.05, 0) is 17.7 Å². The normalized spacial score (nSPS) is 11.3. The number of carbonyl (C=O) groups is 1. The summed E-state index contributed by atoms with van der Waals surface area (Å²) in [4.78, 5) is 10.1. The summed E-state index contributed by atoms with van der Waals surface area (Å²) in [7, 11) is 0. The van der Waals surface area contributed by atoms with E-state index < -0.39 is 11.8 Å². The minimum absolute atomic E-state index is 0.0632. The maximum atomic E-state index is 12.9. The zero-order chi connectivity index (χ0) is 11.3. The van der Waals surface area contributed by atoms with Crippen molar-refractivity contribution in [1.82, 2.24) is 0 Å². The standard InChI is InChI=1S/C11H8ClFO2/c12-9-6-5-8(7-10(9)13)3-1-2-4-11(14)15/h1-7H,(H,14,15)/b3-1+,4-2+. The summed E-state index contributed by atoms with van der Waals surface area (Å²) in [6.45, 7) is 0. The number of benzene rings is 1. The van der Waals surface area contributed by atoms with Crippen molar-refractivity contribution < 1.29 is 14.3 Å². The van der Waals surface area contributed by atoms with Gasteiger partial charge in [-0.25, -0.2) is 9.18 Å². The summed E-state index contributed by atoms with van der Waals surface area (Å²) >= 11 is 5.49. The Morgan fingerprint density at radius 1 is 1.40 bits per heavy atom. The zero-order valence-corrected chi connectivity index (χ0v) is 8.41. The van der Waals surface area contributed by atoms with Gasteiger partial charge in [0.05, 0.1) is 5.02 Å². The van der Waals surface area contributed by atoms with Crippen LogP contribution >= 0.6 is 11.6 Å². The number of halogens is 2. The SMILES string of the molecule is O=C(O)/C=C/C=C/c1ccc(Cl)c(F)c1. The van der Waals surface area contributed by atoms with E-state index in [1.807, 2.05) is 0 Å². The molecule has 0 heterocycles. The second kappa shape index (κ2) is 5.32. The van der Waals surface area contributed by atoms with Crippen LogP contribution in [0.5, 0.6) is 0 Å². The van der Waals surface area contributed by atoms with Crippen molar-refractivity contribution in [3.8, 4) is 0 Å². The second-order valence-electron chi connectivity index (χ2n) is 2.73. The third-order valence-electron chi connectivity index (χ3n) is 1.58. The van der Waals surface area contributed by atoms with Gasteiger partial charge in [-0.3, -0.25) is 0 Å². The molecule has 1 rings (SSSR count). The summed E-state index contributed by atoms with van der Waals surface area (Å²) < 4.78 is 12.9. The van der Waals surface area contributed by atoms with E-state index in [1.54, 1.807) is 12.1 Å². The van der Waals surface area contributed by atoms with Crippen LogP contribution in [-0.4, -0.2) is 11.1 Å². The predicted octanol–water partition coefficient (Wildman–Crippen LogP) is 3.13. The molecule has 0 saturated heterocycles. The van der Waals surface area contributed by atoms with E-state index in [0.717, 1.165) is 6.08 Å². The van der Waals surface area contributed by atoms with Gasteiger partial charge in [0.25, 0.3) is 0 Å². The molecule has 4 heteroatoms. The highest BCUT2D eigenvalue weighted by atomic mass is 35.5. The lowest BCUT2D eigenvalue weighted by atomic mass is 10.2. The Balaban J connectivity index is 2.73. The molecular weight excluding hydrogens is 219 g/mol. The lowest BCUT2D eigenvalue weighted by molar-refractivity contribution is -0.131. The van der Waals surface area contributed by atoms with Gasteiger partial charge in [0, 0.05) is 6.08 Å². The van der Waals surface area contributed by atoms with Gasteiger partial charge < -0.3 is 5.11 Å². The summed E-state index contributed by atoms with van der Waals surface area (Å²) in [5.74, 6) is -1.53. The molecule has 0 saturated carbocycles. The predicted molar refractivity (Wildman–Crippen MR) is 57.2 cm³/mol. The first kappa shape index (κ1) is 11.5. The number of hydrogen-bond donors (Lipinski definition) is 1. The molecule has 0 aromatic heterocycles. The smallest absolute Gasteiger partial charge is 0.328 e. The van der Waals surface area contributed by atoms with Crippen molar-refractivity contribution in [3.63, 3.8) is 0 Å². The monoisotopic (exact) mass is 226 g/mol. The fourth-order valence-electron chi connectivity index (χ4n) is 0.921. The molecule has 1 aromatic rings. The Bertz CT molecular complexity index is 425. The van der Waals surface area contributed by atoms with Crippen LogP contribution in [0.3, 0.4) is 0 Å². The first-order valence-corrected chi connectivity index (χ1v) is 4.50. The molecule has 15 heavy (non-hydrogen) atoms. The van der Waals surface area contributed by atoms with Crippen molar-refractivity contribution in [2.45, 2.75) is 0 Å². The van der Waals surface area contributed by atoms with Crippen molar-refractivity contribution in [3.05, 3.63) is 52.8 Å². The molecular formula is C11H8ClFO2. The summed E-state index contributed by atoms with van der Waals surface area (Å²) in [6.07, 6.45) is 5.44. The average Bonchev–Trinajstić information content (AvgIpc) is 2.18. The van der Waals surface area contributed by atoms with Gasteiger partial charge in [-0.15, -0.1) is 0 Å². The summed E-state index contributed by atoms with van der Waals surface area (Å²) in [5.41, 5.74) is 0.618. The fraction of sp³-hybridized carbons (Fsp3) is 0. The topological polar surface area (TPSA) is 37.3 Å². The Morgan fingerprint density at radius 3 is 2.73 bits per heavy atom. The number of allylic oxidation sites excluding steroid dienone is 2. The van der Waals surface area contributed by atoms with Crippen molar-refractivity contribution in [1.29, 1.82) is 0 Å². The molecule has 0 amide bonds. The third kappa shape index (κ3) is 3.95. The van der Waals surface area contributed by atoms with E-state index in [0.29, 0.717) is 5.56 Å². The zero-order valence-electron chi connectivity index (χ0n) is 7.65. The van der Waals surface area contributed by atoms with Crippen LogP contribution in [0, 0.1) is 5.82 Å². The van der Waals surface area contributed by atoms with Crippen LogP contribution in [0.4, 0.5) is 4.39 Å². The third-order valence-corrected chi connectivity index (χ3v) is 1.89. The summed E-state index contributed by atoms with van der Waals surface area (Å²) in [5, 5.41) is 8.36. The Kier molecular flexibility index (Phi) is 4.06. The molecule has 0 bridgehead atoms.